The van der Waals surface area contributed by atoms with Crippen LogP contribution in [-0.4, -0.2) is 9.97 Å². The van der Waals surface area contributed by atoms with Crippen LogP contribution in [0.1, 0.15) is 5.56 Å². The van der Waals surface area contributed by atoms with Crippen LogP contribution in [0.2, 0.25) is 0 Å². The molecule has 0 unspecified atom stereocenters. The van der Waals surface area contributed by atoms with Crippen molar-refractivity contribution in [3.05, 3.63) is 62.9 Å². The van der Waals surface area contributed by atoms with Crippen LogP contribution in [-0.2, 0) is 0 Å². The van der Waals surface area contributed by atoms with E-state index in [4.69, 9.17) is 0 Å². The second kappa shape index (κ2) is 4.63. The lowest BCUT2D eigenvalue weighted by Crippen LogP contribution is -2.09. The van der Waals surface area contributed by atoms with Gasteiger partial charge in [-0.2, -0.15) is 0 Å². The molecule has 1 N–H and O–H groups in total. The second-order valence-electron chi connectivity index (χ2n) is 4.45. The number of fused-ring (bicyclic) bond motifs is 1. The van der Waals surface area contributed by atoms with Gasteiger partial charge < -0.3 is 4.98 Å². The minimum atomic E-state index is -0.113. The minimum Gasteiger partial charge on any atom is -0.306 e. The molecule has 0 bridgehead atoms. The minimum absolute atomic E-state index is 0.113. The van der Waals surface area contributed by atoms with E-state index in [2.05, 4.69) is 25.9 Å². The lowest BCUT2D eigenvalue weighted by atomic mass is 10.1. The first-order valence-corrected chi connectivity index (χ1v) is 6.69. The summed E-state index contributed by atoms with van der Waals surface area (Å²) in [5.74, 6) is 0.591. The van der Waals surface area contributed by atoms with Gasteiger partial charge in [0.1, 0.15) is 5.82 Å². The number of hydrogen-bond acceptors (Lipinski definition) is 2. The summed E-state index contributed by atoms with van der Waals surface area (Å²) < 4.78 is 0.971. The highest BCUT2D eigenvalue weighted by atomic mass is 79.9. The summed E-state index contributed by atoms with van der Waals surface area (Å²) in [7, 11) is 0. The summed E-state index contributed by atoms with van der Waals surface area (Å²) in [5, 5.41) is 0.609. The highest BCUT2D eigenvalue weighted by Gasteiger charge is 2.06. The fourth-order valence-corrected chi connectivity index (χ4v) is 2.70. The van der Waals surface area contributed by atoms with Gasteiger partial charge in [0, 0.05) is 10.0 Å². The van der Waals surface area contributed by atoms with Gasteiger partial charge in [-0.3, -0.25) is 4.79 Å². The van der Waals surface area contributed by atoms with Crippen molar-refractivity contribution < 1.29 is 0 Å². The zero-order valence-corrected chi connectivity index (χ0v) is 11.9. The van der Waals surface area contributed by atoms with Crippen molar-refractivity contribution in [2.75, 3.05) is 0 Å². The number of aromatic amines is 1. The second-order valence-corrected chi connectivity index (χ2v) is 5.36. The number of hydrogen-bond donors (Lipinski definition) is 1. The molecule has 0 aliphatic heterocycles. The lowest BCUT2D eigenvalue weighted by Gasteiger charge is -2.05. The fraction of sp³-hybridized carbons (Fsp3) is 0.0667. The molecule has 0 fully saturated rings. The van der Waals surface area contributed by atoms with Gasteiger partial charge in [-0.15, -0.1) is 0 Å². The summed E-state index contributed by atoms with van der Waals surface area (Å²) in [5.41, 5.74) is 2.60. The monoisotopic (exact) mass is 314 g/mol. The van der Waals surface area contributed by atoms with Crippen LogP contribution in [0.25, 0.3) is 22.3 Å². The van der Waals surface area contributed by atoms with E-state index in [1.165, 1.54) is 0 Å². The summed E-state index contributed by atoms with van der Waals surface area (Å²) in [6.45, 7) is 2.01. The fourth-order valence-electron chi connectivity index (χ4n) is 2.10. The Morgan fingerprint density at radius 1 is 1.16 bits per heavy atom. The normalized spacial score (nSPS) is 10.8. The van der Waals surface area contributed by atoms with E-state index >= 15 is 0 Å². The number of rotatable bonds is 1. The summed E-state index contributed by atoms with van der Waals surface area (Å²) in [4.78, 5) is 19.4. The van der Waals surface area contributed by atoms with Crippen LogP contribution in [0.15, 0.2) is 51.7 Å². The zero-order valence-electron chi connectivity index (χ0n) is 10.3. The molecule has 4 heteroatoms. The van der Waals surface area contributed by atoms with Crippen LogP contribution in [0.3, 0.4) is 0 Å². The Labute approximate surface area is 118 Å². The van der Waals surface area contributed by atoms with Gasteiger partial charge in [-0.25, -0.2) is 4.98 Å². The predicted octanol–water partition coefficient (Wildman–Crippen LogP) is 3.66. The van der Waals surface area contributed by atoms with Gasteiger partial charge >= 0.3 is 0 Å². The van der Waals surface area contributed by atoms with Gasteiger partial charge in [0.15, 0.2) is 0 Å². The molecule has 0 radical (unpaired) electrons. The maximum absolute atomic E-state index is 12.0. The van der Waals surface area contributed by atoms with Crippen LogP contribution >= 0.6 is 15.9 Å². The number of nitrogens with one attached hydrogen (secondary N) is 1. The largest absolute Gasteiger partial charge is 0.306 e. The van der Waals surface area contributed by atoms with Crippen LogP contribution in [0.5, 0.6) is 0 Å². The van der Waals surface area contributed by atoms with E-state index in [1.807, 2.05) is 43.3 Å². The van der Waals surface area contributed by atoms with Crippen LogP contribution in [0.4, 0.5) is 0 Å². The van der Waals surface area contributed by atoms with Crippen molar-refractivity contribution in [2.24, 2.45) is 0 Å². The van der Waals surface area contributed by atoms with Crippen molar-refractivity contribution in [1.29, 1.82) is 0 Å². The smallest absolute Gasteiger partial charge is 0.259 e. The molecule has 19 heavy (non-hydrogen) atoms. The summed E-state index contributed by atoms with van der Waals surface area (Å²) >= 11 is 3.46. The Morgan fingerprint density at radius 3 is 2.74 bits per heavy atom. The molecule has 0 saturated carbocycles. The first kappa shape index (κ1) is 12.1. The van der Waals surface area contributed by atoms with Crippen molar-refractivity contribution in [1.82, 2.24) is 9.97 Å². The third kappa shape index (κ3) is 2.31. The Kier molecular flexibility index (Phi) is 2.95. The molecule has 0 saturated heterocycles. The predicted molar refractivity (Wildman–Crippen MR) is 80.2 cm³/mol. The number of para-hydroxylation sites is 1. The Bertz CT molecular complexity index is 803. The van der Waals surface area contributed by atoms with Crippen molar-refractivity contribution in [3.8, 4) is 11.4 Å². The van der Waals surface area contributed by atoms with Gasteiger partial charge in [-0.1, -0.05) is 28.1 Å². The molecule has 0 spiro atoms. The SMILES string of the molecule is Cc1cc(Br)cc(-c2nc3ccccc3c(=O)[nH]2)c1. The molecule has 0 amide bonds. The maximum atomic E-state index is 12.0. The molecular formula is C15H11BrN2O. The average Bonchev–Trinajstić information content (AvgIpc) is 2.37. The lowest BCUT2D eigenvalue weighted by molar-refractivity contribution is 1.17. The molecule has 0 aliphatic rings. The van der Waals surface area contributed by atoms with Crippen LogP contribution < -0.4 is 5.56 Å². The van der Waals surface area contributed by atoms with Gasteiger partial charge in [0.25, 0.3) is 5.56 Å². The first-order valence-electron chi connectivity index (χ1n) is 5.90. The van der Waals surface area contributed by atoms with Crippen LogP contribution in [0, 0.1) is 6.92 Å². The zero-order chi connectivity index (χ0) is 13.4. The van der Waals surface area contributed by atoms with E-state index in [1.54, 1.807) is 6.07 Å². The highest BCUT2D eigenvalue weighted by Crippen LogP contribution is 2.22. The third-order valence-corrected chi connectivity index (χ3v) is 3.39. The molecule has 0 atom stereocenters. The van der Waals surface area contributed by atoms with E-state index in [-0.39, 0.29) is 5.56 Å². The average molecular weight is 315 g/mol. The Balaban J connectivity index is 2.28. The van der Waals surface area contributed by atoms with Gasteiger partial charge in [-0.05, 0) is 42.8 Å². The topological polar surface area (TPSA) is 45.8 Å². The van der Waals surface area contributed by atoms with Crippen molar-refractivity contribution in [3.63, 3.8) is 0 Å². The Hall–Kier alpha value is -1.94. The van der Waals surface area contributed by atoms with E-state index in [0.29, 0.717) is 16.7 Å². The summed E-state index contributed by atoms with van der Waals surface area (Å²) in [6, 6.07) is 13.3. The van der Waals surface area contributed by atoms with Gasteiger partial charge in [0.05, 0.1) is 10.9 Å². The molecule has 94 valence electrons. The molecule has 2 aromatic carbocycles. The molecule has 3 aromatic rings. The first-order chi connectivity index (χ1) is 9.13. The molecular weight excluding hydrogens is 304 g/mol. The molecule has 1 aromatic heterocycles. The van der Waals surface area contributed by atoms with E-state index < -0.39 is 0 Å². The molecule has 0 aliphatic carbocycles. The Morgan fingerprint density at radius 2 is 1.95 bits per heavy atom. The maximum Gasteiger partial charge on any atom is 0.259 e. The van der Waals surface area contributed by atoms with E-state index in [9.17, 15) is 4.79 Å². The highest BCUT2D eigenvalue weighted by molar-refractivity contribution is 9.10. The quantitative estimate of drug-likeness (QED) is 0.745. The number of benzene rings is 2. The van der Waals surface area contributed by atoms with Crippen molar-refractivity contribution in [2.45, 2.75) is 6.92 Å². The number of halogens is 1. The number of aryl methyl sites for hydroxylation is 1. The van der Waals surface area contributed by atoms with Gasteiger partial charge in [0.2, 0.25) is 0 Å². The number of aromatic nitrogens is 2. The molecule has 3 nitrogen and oxygen atoms in total. The molecule has 1 heterocycles. The standard InChI is InChI=1S/C15H11BrN2O/c1-9-6-10(8-11(16)7-9)14-17-13-5-3-2-4-12(13)15(19)18-14/h2-8H,1H3,(H,17,18,19). The third-order valence-electron chi connectivity index (χ3n) is 2.93. The van der Waals surface area contributed by atoms with Crippen molar-refractivity contribution >= 4 is 26.8 Å². The van der Waals surface area contributed by atoms with E-state index in [0.717, 1.165) is 15.6 Å². The number of H-pyrrole nitrogens is 1. The summed E-state index contributed by atoms with van der Waals surface area (Å²) in [6.07, 6.45) is 0. The number of nitrogens with zero attached hydrogens (tertiary/aromatic N) is 1. The molecule has 3 rings (SSSR count).